The second-order valence-electron chi connectivity index (χ2n) is 8.59. The Bertz CT molecular complexity index is 990. The number of hydrogen-bond acceptors (Lipinski definition) is 4. The van der Waals surface area contributed by atoms with E-state index in [0.29, 0.717) is 28.4 Å². The van der Waals surface area contributed by atoms with Gasteiger partial charge in [0.15, 0.2) is 0 Å². The van der Waals surface area contributed by atoms with Gasteiger partial charge in [-0.15, -0.1) is 0 Å². The summed E-state index contributed by atoms with van der Waals surface area (Å²) in [6.07, 6.45) is 3.74. The molecule has 6 heteroatoms. The molecule has 2 heterocycles. The summed E-state index contributed by atoms with van der Waals surface area (Å²) >= 11 is 6.03. The maximum absolute atomic E-state index is 13.2. The van der Waals surface area contributed by atoms with Crippen LogP contribution in [0.5, 0.6) is 0 Å². The molecule has 0 saturated carbocycles. The van der Waals surface area contributed by atoms with Gasteiger partial charge in [0.05, 0.1) is 5.57 Å². The Morgan fingerprint density at radius 2 is 1.55 bits per heavy atom. The smallest absolute Gasteiger partial charge is 0.278 e. The van der Waals surface area contributed by atoms with Crippen LogP contribution in [0.4, 0.5) is 11.4 Å². The standard InChI is InChI=1S/C25H28ClN3O2/c1-17(2)16-29-24(30)22(18-6-8-19(26)9-7-18)23(25(29)31)27-20-10-12-21(13-11-20)28-14-4-3-5-15-28/h6-13,17,27H,3-5,14-16H2,1-2H3. The van der Waals surface area contributed by atoms with Crippen LogP contribution in [0.1, 0.15) is 38.7 Å². The summed E-state index contributed by atoms with van der Waals surface area (Å²) in [5.74, 6) is -0.375. The quantitative estimate of drug-likeness (QED) is 0.633. The van der Waals surface area contributed by atoms with E-state index in [1.807, 2.05) is 26.0 Å². The van der Waals surface area contributed by atoms with Gasteiger partial charge in [0.1, 0.15) is 5.70 Å². The number of anilines is 2. The van der Waals surface area contributed by atoms with E-state index in [4.69, 9.17) is 11.6 Å². The molecule has 2 aliphatic heterocycles. The van der Waals surface area contributed by atoms with Crippen molar-refractivity contribution in [2.24, 2.45) is 5.92 Å². The molecule has 0 aromatic heterocycles. The van der Waals surface area contributed by atoms with Crippen molar-refractivity contribution in [2.45, 2.75) is 33.1 Å². The molecule has 2 amide bonds. The fourth-order valence-corrected chi connectivity index (χ4v) is 4.29. The Morgan fingerprint density at radius 3 is 2.16 bits per heavy atom. The first-order valence-electron chi connectivity index (χ1n) is 10.9. The lowest BCUT2D eigenvalue weighted by Crippen LogP contribution is -2.35. The van der Waals surface area contributed by atoms with Crippen molar-refractivity contribution in [3.63, 3.8) is 0 Å². The normalized spacial score (nSPS) is 17.2. The number of carbonyl (C=O) groups excluding carboxylic acids is 2. The molecule has 4 rings (SSSR count). The van der Waals surface area contributed by atoms with Crippen molar-refractivity contribution in [2.75, 3.05) is 29.9 Å². The maximum Gasteiger partial charge on any atom is 0.278 e. The molecule has 2 aromatic carbocycles. The van der Waals surface area contributed by atoms with Crippen molar-refractivity contribution in [1.82, 2.24) is 4.90 Å². The molecule has 0 aliphatic carbocycles. The van der Waals surface area contributed by atoms with Gasteiger partial charge in [-0.1, -0.05) is 37.6 Å². The summed E-state index contributed by atoms with van der Waals surface area (Å²) in [6.45, 7) is 6.53. The number of benzene rings is 2. The summed E-state index contributed by atoms with van der Waals surface area (Å²) in [6, 6.07) is 15.1. The van der Waals surface area contributed by atoms with Crippen LogP contribution in [-0.2, 0) is 9.59 Å². The molecule has 162 valence electrons. The molecule has 1 fully saturated rings. The third-order valence-corrected chi connectivity index (χ3v) is 5.96. The topological polar surface area (TPSA) is 52.7 Å². The van der Waals surface area contributed by atoms with Gasteiger partial charge < -0.3 is 10.2 Å². The first-order valence-corrected chi connectivity index (χ1v) is 11.3. The SMILES string of the molecule is CC(C)CN1C(=O)C(Nc2ccc(N3CCCCC3)cc2)=C(c2ccc(Cl)cc2)C1=O. The molecular weight excluding hydrogens is 410 g/mol. The third kappa shape index (κ3) is 4.62. The van der Waals surface area contributed by atoms with Crippen LogP contribution in [0.15, 0.2) is 54.2 Å². The molecule has 0 atom stereocenters. The van der Waals surface area contributed by atoms with Crippen LogP contribution in [0, 0.1) is 5.92 Å². The van der Waals surface area contributed by atoms with Gasteiger partial charge in [-0.05, 0) is 67.1 Å². The van der Waals surface area contributed by atoms with Crippen molar-refractivity contribution >= 4 is 40.4 Å². The van der Waals surface area contributed by atoms with E-state index in [-0.39, 0.29) is 17.7 Å². The Labute approximate surface area is 188 Å². The Kier molecular flexibility index (Phi) is 6.33. The van der Waals surface area contributed by atoms with Crippen LogP contribution >= 0.6 is 11.6 Å². The number of hydrogen-bond donors (Lipinski definition) is 1. The number of piperidine rings is 1. The van der Waals surface area contributed by atoms with Gasteiger partial charge in [-0.3, -0.25) is 14.5 Å². The highest BCUT2D eigenvalue weighted by molar-refractivity contribution is 6.36. The lowest BCUT2D eigenvalue weighted by atomic mass is 10.0. The van der Waals surface area contributed by atoms with Gasteiger partial charge in [-0.2, -0.15) is 0 Å². The van der Waals surface area contributed by atoms with E-state index < -0.39 is 0 Å². The number of amides is 2. The number of nitrogens with one attached hydrogen (secondary N) is 1. The molecule has 5 nitrogen and oxygen atoms in total. The molecule has 0 bridgehead atoms. The van der Waals surface area contributed by atoms with Gasteiger partial charge in [-0.25, -0.2) is 0 Å². The number of carbonyl (C=O) groups is 2. The largest absolute Gasteiger partial charge is 0.372 e. The summed E-state index contributed by atoms with van der Waals surface area (Å²) in [5, 5.41) is 3.82. The highest BCUT2D eigenvalue weighted by Gasteiger charge is 2.39. The Balaban J connectivity index is 1.64. The fourth-order valence-electron chi connectivity index (χ4n) is 4.16. The lowest BCUT2D eigenvalue weighted by Gasteiger charge is -2.28. The minimum Gasteiger partial charge on any atom is -0.372 e. The molecule has 0 unspecified atom stereocenters. The predicted octanol–water partition coefficient (Wildman–Crippen LogP) is 5.18. The molecule has 1 saturated heterocycles. The maximum atomic E-state index is 13.2. The van der Waals surface area contributed by atoms with Gasteiger partial charge >= 0.3 is 0 Å². The molecule has 2 aromatic rings. The number of nitrogens with zero attached hydrogens (tertiary/aromatic N) is 2. The predicted molar refractivity (Wildman–Crippen MR) is 126 cm³/mol. The Morgan fingerprint density at radius 1 is 0.903 bits per heavy atom. The summed E-state index contributed by atoms with van der Waals surface area (Å²) in [4.78, 5) is 30.1. The lowest BCUT2D eigenvalue weighted by molar-refractivity contribution is -0.137. The third-order valence-electron chi connectivity index (χ3n) is 5.71. The van der Waals surface area contributed by atoms with Crippen LogP contribution in [0.25, 0.3) is 5.57 Å². The van der Waals surface area contributed by atoms with Crippen LogP contribution < -0.4 is 10.2 Å². The molecule has 1 N–H and O–H groups in total. The van der Waals surface area contributed by atoms with Crippen molar-refractivity contribution in [3.05, 3.63) is 64.8 Å². The summed E-state index contributed by atoms with van der Waals surface area (Å²) in [5.41, 5.74) is 3.37. The van der Waals surface area contributed by atoms with E-state index in [1.165, 1.54) is 29.8 Å². The van der Waals surface area contributed by atoms with E-state index in [1.54, 1.807) is 24.3 Å². The van der Waals surface area contributed by atoms with E-state index in [2.05, 4.69) is 22.3 Å². The van der Waals surface area contributed by atoms with Gasteiger partial charge in [0.2, 0.25) is 0 Å². The number of imide groups is 1. The first kappa shape index (κ1) is 21.4. The zero-order chi connectivity index (χ0) is 22.0. The second kappa shape index (κ2) is 9.15. The zero-order valence-corrected chi connectivity index (χ0v) is 18.8. The molecular formula is C25H28ClN3O2. The molecule has 2 aliphatic rings. The number of rotatable bonds is 6. The van der Waals surface area contributed by atoms with E-state index >= 15 is 0 Å². The average molecular weight is 438 g/mol. The molecule has 31 heavy (non-hydrogen) atoms. The monoisotopic (exact) mass is 437 g/mol. The fraction of sp³-hybridized carbons (Fsp3) is 0.360. The first-order chi connectivity index (χ1) is 14.9. The molecule has 0 radical (unpaired) electrons. The van der Waals surface area contributed by atoms with Gasteiger partial charge in [0, 0.05) is 36.0 Å². The molecule has 0 spiro atoms. The summed E-state index contributed by atoms with van der Waals surface area (Å²) in [7, 11) is 0. The van der Waals surface area contributed by atoms with Crippen LogP contribution in [-0.4, -0.2) is 36.3 Å². The average Bonchev–Trinajstić information content (AvgIpc) is 2.99. The zero-order valence-electron chi connectivity index (χ0n) is 18.0. The highest BCUT2D eigenvalue weighted by atomic mass is 35.5. The Hall–Kier alpha value is -2.79. The van der Waals surface area contributed by atoms with E-state index in [0.717, 1.165) is 18.8 Å². The van der Waals surface area contributed by atoms with Crippen LogP contribution in [0.3, 0.4) is 0 Å². The van der Waals surface area contributed by atoms with Crippen LogP contribution in [0.2, 0.25) is 5.02 Å². The second-order valence-corrected chi connectivity index (χ2v) is 9.03. The van der Waals surface area contributed by atoms with Crippen molar-refractivity contribution < 1.29 is 9.59 Å². The summed E-state index contributed by atoms with van der Waals surface area (Å²) < 4.78 is 0. The van der Waals surface area contributed by atoms with E-state index in [9.17, 15) is 9.59 Å². The van der Waals surface area contributed by atoms with Gasteiger partial charge in [0.25, 0.3) is 11.8 Å². The minimum absolute atomic E-state index is 0.183. The highest BCUT2D eigenvalue weighted by Crippen LogP contribution is 2.32. The minimum atomic E-state index is -0.288. The van der Waals surface area contributed by atoms with Crippen molar-refractivity contribution in [1.29, 1.82) is 0 Å². The van der Waals surface area contributed by atoms with Crippen molar-refractivity contribution in [3.8, 4) is 0 Å². The number of halogens is 1.